The predicted molar refractivity (Wildman–Crippen MR) is 447 cm³/mol. The summed E-state index contributed by atoms with van der Waals surface area (Å²) in [6, 6.07) is 29.0. The first-order valence-corrected chi connectivity index (χ1v) is 41.4. The molecule has 17 atom stereocenters. The molecule has 8 aliphatic rings. The van der Waals surface area contributed by atoms with E-state index < -0.39 is 168 Å². The first kappa shape index (κ1) is 96.6. The Labute approximate surface area is 711 Å². The van der Waals surface area contributed by atoms with Crippen LogP contribution in [0, 0.1) is 22.0 Å². The van der Waals surface area contributed by atoms with Crippen LogP contribution in [0.1, 0.15) is 97.0 Å². The predicted octanol–water partition coefficient (Wildman–Crippen LogP) is 5.10. The third-order valence-electron chi connectivity index (χ3n) is 19.3. The molecule has 8 bridgehead atoms. The second-order valence-electron chi connectivity index (χ2n) is 25.4. The van der Waals surface area contributed by atoms with Crippen LogP contribution in [-0.2, 0) is 51.8 Å². The summed E-state index contributed by atoms with van der Waals surface area (Å²) in [5.74, 6) is 1.61. The number of hydrogen-bond acceptors (Lipinski definition) is 27. The van der Waals surface area contributed by atoms with Crippen LogP contribution >= 0.6 is 118 Å². The standard InChI is InChI=1S/C21H19ClO2.C15H19IN3O6P.C11H13IN2O5.C10H11IN2O6.C10H12N2O6.CH4O.3CH4.ClI/c1-23-19-12-8-17(9-13-19)21(22,16-6-4-3-5-7-16)18-10-14-20(24-2)15-11-18;1-3-15-8-22-10(11(15)25-26(2)23-6-4-5-17)13(24-15)19-7-9(16)12(20)18-14(19)21;1-2-11-4-18-6(7(11)15)9(19-11)14-3-5(12)8(16)13-10(14)17;11-4-1-13(9(17)12-7(4)16)8-5-6(15)10(2-14,19-8)3-18-5;13-3-10-4-17-6(7(10)15)8(18-10)12-2-1-5(14)11-9(12)16;1-2;;;;1-2/h3-15H,1-2H3;7,10-11,13H,3-4,6,8H2,1-2H3,(H,18,20,21);3,6-7,9,15H,2,4H2,1H3,(H,13,16,17);1,5-6,8,14-15H,2-3H2,(H,12,16,17);1-2,6-8,13,15H,3-4H2,(H,11,14,16);2H,1H3;3*1H4;/t;10?,11-,13-,15+,26?;6?,7-,9-,11+;5?,6-,8-,10+;6?,7-,8-,10+;;;;;/m.1111...../s1. The maximum Gasteiger partial charge on any atom is 0.330 e. The van der Waals surface area contributed by atoms with E-state index in [0.717, 1.165) is 44.4 Å². The molecule has 42 heteroatoms. The molecule has 8 fully saturated rings. The fourth-order valence-electron chi connectivity index (χ4n) is 13.4. The number of alkyl halides is 1. The number of hydrogen-bond donors (Lipinski definition) is 10. The Morgan fingerprint density at radius 3 is 1.26 bits per heavy atom. The Morgan fingerprint density at radius 2 is 0.885 bits per heavy atom. The van der Waals surface area contributed by atoms with Crippen molar-refractivity contribution in [3.8, 4) is 17.6 Å². The minimum Gasteiger partial charge on any atom is -0.497 e. The monoisotopic (exact) mass is 2090 g/mol. The Balaban J connectivity index is 0.000000217. The zero-order valence-corrected chi connectivity index (χ0v) is 70.2. The number of aromatic amines is 4. The summed E-state index contributed by atoms with van der Waals surface area (Å²) in [6.45, 7) is 6.01. The maximum atomic E-state index is 12.2. The molecule has 7 aromatic rings. The molecular weight excluding hydrogens is 2000 g/mol. The molecule has 12 heterocycles. The number of benzene rings is 3. The average Bonchev–Trinajstić information content (AvgIpc) is 1.61. The summed E-state index contributed by atoms with van der Waals surface area (Å²) in [5, 5.41) is 64.4. The van der Waals surface area contributed by atoms with Gasteiger partial charge < -0.3 is 87.1 Å². The summed E-state index contributed by atoms with van der Waals surface area (Å²) in [6.07, 6.45) is -1.82. The van der Waals surface area contributed by atoms with Crippen LogP contribution in [0.25, 0.3) is 0 Å². The molecule has 0 radical (unpaired) electrons. The van der Waals surface area contributed by atoms with Crippen LogP contribution in [0.2, 0.25) is 0 Å². The van der Waals surface area contributed by atoms with Crippen molar-refractivity contribution in [2.45, 2.75) is 156 Å². The average molecular weight is 2100 g/mol. The highest BCUT2D eigenvalue weighted by Crippen LogP contribution is 2.53. The number of ether oxygens (including phenoxy) is 10. The minimum atomic E-state index is -1.22. The van der Waals surface area contributed by atoms with Gasteiger partial charge in [0.2, 0.25) is 0 Å². The fraction of sp³-hybridized carbons (Fsp3) is 0.507. The quantitative estimate of drug-likeness (QED) is 0.0176. The Hall–Kier alpha value is -5.24. The van der Waals surface area contributed by atoms with Crippen LogP contribution < -0.4 is 54.5 Å². The van der Waals surface area contributed by atoms with Crippen LogP contribution in [0.3, 0.4) is 0 Å². The summed E-state index contributed by atoms with van der Waals surface area (Å²) >= 11 is 14.3. The lowest BCUT2D eigenvalue weighted by Crippen LogP contribution is -2.44. The van der Waals surface area contributed by atoms with Gasteiger partial charge in [0.1, 0.15) is 87.6 Å². The molecule has 0 spiro atoms. The van der Waals surface area contributed by atoms with Gasteiger partial charge in [0.25, 0.3) is 22.2 Å². The number of nitriles is 1. The van der Waals surface area contributed by atoms with E-state index in [1.165, 1.54) is 40.0 Å². The first-order chi connectivity index (χ1) is 52.6. The fourth-order valence-corrected chi connectivity index (χ4v) is 16.1. The van der Waals surface area contributed by atoms with E-state index in [2.05, 4.69) is 28.8 Å². The number of aliphatic hydroxyl groups is 6. The molecule has 35 nitrogen and oxygen atoms in total. The number of nitrogens with one attached hydrogen (secondary N) is 4. The molecule has 113 heavy (non-hydrogen) atoms. The molecule has 4 aromatic heterocycles. The molecule has 8 saturated heterocycles. The van der Waals surface area contributed by atoms with Crippen LogP contribution in [-0.4, -0.2) is 214 Å². The lowest BCUT2D eigenvalue weighted by molar-refractivity contribution is -0.187. The lowest BCUT2D eigenvalue weighted by atomic mass is 9.84. The number of fused-ring (bicyclic) bond motifs is 8. The van der Waals surface area contributed by atoms with Crippen LogP contribution in [0.4, 0.5) is 0 Å². The largest absolute Gasteiger partial charge is 0.497 e. The van der Waals surface area contributed by atoms with Crippen molar-refractivity contribution >= 4 is 118 Å². The van der Waals surface area contributed by atoms with Gasteiger partial charge in [0.15, 0.2) is 33.3 Å². The number of nitrogens with zero attached hydrogens (tertiary/aromatic N) is 5. The maximum absolute atomic E-state index is 12.2. The zero-order valence-electron chi connectivity index (χ0n) is 59.2. The third-order valence-corrected chi connectivity index (χ3v) is 23.4. The van der Waals surface area contributed by atoms with E-state index in [4.69, 9.17) is 78.4 Å². The Kier molecular flexibility index (Phi) is 35.8. The van der Waals surface area contributed by atoms with E-state index in [9.17, 15) is 63.9 Å². The van der Waals surface area contributed by atoms with Crippen molar-refractivity contribution in [2.24, 2.45) is 0 Å². The molecule has 10 N–H and O–H groups in total. The number of halogens is 6. The molecule has 15 rings (SSSR count). The summed E-state index contributed by atoms with van der Waals surface area (Å²) in [5.41, 5.74) is -5.10. The molecule has 622 valence electrons. The van der Waals surface area contributed by atoms with E-state index in [1.807, 2.05) is 151 Å². The highest BCUT2D eigenvalue weighted by atomic mass is 127. The summed E-state index contributed by atoms with van der Waals surface area (Å²) in [7, 11) is 7.70. The molecule has 8 aliphatic heterocycles. The van der Waals surface area contributed by atoms with Crippen molar-refractivity contribution in [3.63, 3.8) is 0 Å². The highest BCUT2D eigenvalue weighted by molar-refractivity contribution is 14.1. The lowest BCUT2D eigenvalue weighted by Gasteiger charge is -2.31. The highest BCUT2D eigenvalue weighted by Gasteiger charge is 2.65. The van der Waals surface area contributed by atoms with Crippen molar-refractivity contribution < 1.29 is 87.1 Å². The van der Waals surface area contributed by atoms with Gasteiger partial charge in [0, 0.05) is 66.1 Å². The SMILES string of the molecule is C.C.C.CC[C@@]12COC([C@H](n3cc(I)c(=O)[nH]c3=O)O1)[C@H]2O.CC[C@@]12COC([C@H](n3cc(I)c(=O)[nH]c3=O)O1)[C@H]2OP(C)OCCC#N.CO.COc1ccc(C(Cl)(c2ccccc2)c2ccc(OC)cc2)cc1.ClI.O=c1[nH]c(=O)n([C@@H]2O[C@@]3(CO)COC2[C@H]3O)cc1I.O=c1ccn([C@@H]2O[C@@]3(CO)COC2[C@H]3O)c(=O)[nH]1. The second-order valence-corrected chi connectivity index (χ2v) is 30.8. The zero-order chi connectivity index (χ0) is 80.4. The smallest absolute Gasteiger partial charge is 0.330 e. The number of aromatic nitrogens is 8. The Bertz CT molecular complexity index is 4690. The van der Waals surface area contributed by atoms with Crippen molar-refractivity contribution in [1.29, 1.82) is 5.26 Å². The minimum absolute atomic E-state index is 0. The molecule has 5 unspecified atom stereocenters. The number of methoxy groups -OCH3 is 2. The van der Waals surface area contributed by atoms with Gasteiger partial charge in [-0.15, -0.1) is 11.6 Å². The van der Waals surface area contributed by atoms with E-state index in [-0.39, 0.29) is 35.5 Å². The van der Waals surface area contributed by atoms with Crippen molar-refractivity contribution in [2.75, 3.05) is 74.2 Å². The molecular formula is C71H90Cl2I4N9O26P. The van der Waals surface area contributed by atoms with Crippen molar-refractivity contribution in [1.82, 2.24) is 38.2 Å². The molecule has 0 amide bonds. The van der Waals surface area contributed by atoms with Gasteiger partial charge in [-0.1, -0.05) is 90.7 Å². The second kappa shape index (κ2) is 41.9. The first-order valence-electron chi connectivity index (χ1n) is 33.4. The van der Waals surface area contributed by atoms with E-state index >= 15 is 0 Å². The topological polar surface area (TPSA) is 475 Å². The van der Waals surface area contributed by atoms with Gasteiger partial charge in [0.05, 0.1) is 83.7 Å². The van der Waals surface area contributed by atoms with Gasteiger partial charge in [-0.25, -0.2) is 19.2 Å². The number of aliphatic hydroxyl groups excluding tert-OH is 6. The van der Waals surface area contributed by atoms with Crippen LogP contribution in [0.5, 0.6) is 11.5 Å². The van der Waals surface area contributed by atoms with Gasteiger partial charge in [-0.2, -0.15) is 5.26 Å². The van der Waals surface area contributed by atoms with Crippen LogP contribution in [0.15, 0.2) is 148 Å². The normalized spacial score (nSPS) is 28.1. The van der Waals surface area contributed by atoms with Crippen molar-refractivity contribution in [3.05, 3.63) is 220 Å². The third kappa shape index (κ3) is 19.9. The molecule has 3 aromatic carbocycles. The van der Waals surface area contributed by atoms with E-state index in [1.54, 1.807) is 58.3 Å². The molecule has 0 saturated carbocycles. The van der Waals surface area contributed by atoms with E-state index in [0.29, 0.717) is 49.8 Å². The summed E-state index contributed by atoms with van der Waals surface area (Å²) < 4.78 is 73.4. The van der Waals surface area contributed by atoms with Gasteiger partial charge >= 0.3 is 22.8 Å². The number of rotatable bonds is 18. The van der Waals surface area contributed by atoms with Gasteiger partial charge in [-0.3, -0.25) is 57.4 Å². The Morgan fingerprint density at radius 1 is 0.540 bits per heavy atom. The van der Waals surface area contributed by atoms with Gasteiger partial charge in [-0.05, 0) is 130 Å². The number of H-pyrrole nitrogens is 4. The molecule has 0 aliphatic carbocycles. The summed E-state index contributed by atoms with van der Waals surface area (Å²) in [4.78, 5) is 101.